The zero-order chi connectivity index (χ0) is 17.6. The molecule has 1 aliphatic carbocycles. The Balaban J connectivity index is 1.54. The largest absolute Gasteiger partial charge is 0.256 e. The predicted molar refractivity (Wildman–Crippen MR) is 103 cm³/mol. The van der Waals surface area contributed by atoms with Gasteiger partial charge in [0.2, 0.25) is 0 Å². The highest BCUT2D eigenvalue weighted by atomic mass is 35.5. The van der Waals surface area contributed by atoms with Crippen LogP contribution in [0.4, 0.5) is 4.39 Å². The lowest BCUT2D eigenvalue weighted by atomic mass is 9.79. The van der Waals surface area contributed by atoms with Crippen molar-refractivity contribution in [3.63, 3.8) is 0 Å². The molecular weight excluding hydrogens is 333 g/mol. The van der Waals surface area contributed by atoms with Crippen LogP contribution in [0.25, 0.3) is 11.3 Å². The highest BCUT2D eigenvalue weighted by Gasteiger charge is 2.19. The van der Waals surface area contributed by atoms with E-state index >= 15 is 0 Å². The maximum absolute atomic E-state index is 13.3. The van der Waals surface area contributed by atoms with Gasteiger partial charge in [0, 0.05) is 11.8 Å². The Kier molecular flexibility index (Phi) is 6.25. The fourth-order valence-electron chi connectivity index (χ4n) is 3.71. The maximum Gasteiger partial charge on any atom is 0.141 e. The smallest absolute Gasteiger partial charge is 0.141 e. The standard InChI is InChI=1S/C22H25ClFN/c1-2-3-16-4-6-17(7-5-16)8-9-18-10-13-22(25-15-18)19-11-12-21(24)20(23)14-19/h2-3,10-17H,4-9H2,1H3/b3-2+/t16-,17-. The number of allylic oxidation sites excluding steroid dienone is 2. The molecule has 0 saturated heterocycles. The molecule has 0 atom stereocenters. The van der Waals surface area contributed by atoms with Crippen LogP contribution < -0.4 is 0 Å². The number of nitrogens with zero attached hydrogens (tertiary/aromatic N) is 1. The van der Waals surface area contributed by atoms with E-state index in [9.17, 15) is 4.39 Å². The van der Waals surface area contributed by atoms with Gasteiger partial charge in [-0.25, -0.2) is 4.39 Å². The number of hydrogen-bond donors (Lipinski definition) is 0. The van der Waals surface area contributed by atoms with Gasteiger partial charge in [-0.15, -0.1) is 0 Å². The first kappa shape index (κ1) is 18.1. The fourth-order valence-corrected chi connectivity index (χ4v) is 3.89. The summed E-state index contributed by atoms with van der Waals surface area (Å²) >= 11 is 5.85. The molecule has 0 N–H and O–H groups in total. The van der Waals surface area contributed by atoms with Crippen molar-refractivity contribution in [2.24, 2.45) is 11.8 Å². The first-order valence-electron chi connectivity index (χ1n) is 9.19. The molecule has 1 nitrogen and oxygen atoms in total. The van der Waals surface area contributed by atoms with Gasteiger partial charge in [-0.05, 0) is 87.1 Å². The second-order valence-corrected chi connectivity index (χ2v) is 7.43. The molecule has 1 aromatic carbocycles. The first-order chi connectivity index (χ1) is 12.2. The minimum absolute atomic E-state index is 0.136. The van der Waals surface area contributed by atoms with Crippen LogP contribution in [0.15, 0.2) is 48.7 Å². The summed E-state index contributed by atoms with van der Waals surface area (Å²) in [6.07, 6.45) is 14.2. The van der Waals surface area contributed by atoms with Crippen molar-refractivity contribution in [3.8, 4) is 11.3 Å². The molecular formula is C22H25ClFN. The van der Waals surface area contributed by atoms with Crippen molar-refractivity contribution in [2.45, 2.75) is 45.4 Å². The van der Waals surface area contributed by atoms with E-state index in [4.69, 9.17) is 11.6 Å². The molecule has 0 unspecified atom stereocenters. The monoisotopic (exact) mass is 357 g/mol. The zero-order valence-corrected chi connectivity index (χ0v) is 15.5. The second kappa shape index (κ2) is 8.62. The molecule has 1 saturated carbocycles. The summed E-state index contributed by atoms with van der Waals surface area (Å²) in [5.41, 5.74) is 2.95. The molecule has 2 aromatic rings. The van der Waals surface area contributed by atoms with Crippen LogP contribution in [0.2, 0.25) is 5.02 Å². The van der Waals surface area contributed by atoms with E-state index in [0.717, 1.165) is 29.5 Å². The average molecular weight is 358 g/mol. The Labute approximate surface area is 154 Å². The van der Waals surface area contributed by atoms with Gasteiger partial charge in [-0.2, -0.15) is 0 Å². The average Bonchev–Trinajstić information content (AvgIpc) is 2.64. The first-order valence-corrected chi connectivity index (χ1v) is 9.56. The molecule has 3 rings (SSSR count). The van der Waals surface area contributed by atoms with E-state index in [-0.39, 0.29) is 5.02 Å². The lowest BCUT2D eigenvalue weighted by Crippen LogP contribution is -2.13. The Morgan fingerprint density at radius 1 is 1.16 bits per heavy atom. The zero-order valence-electron chi connectivity index (χ0n) is 14.7. The number of rotatable bonds is 5. The Morgan fingerprint density at radius 3 is 2.60 bits per heavy atom. The van der Waals surface area contributed by atoms with E-state index in [2.05, 4.69) is 30.1 Å². The molecule has 1 fully saturated rings. The molecule has 0 spiro atoms. The summed E-state index contributed by atoms with van der Waals surface area (Å²) in [5.74, 6) is 1.24. The fraction of sp³-hybridized carbons (Fsp3) is 0.409. The van der Waals surface area contributed by atoms with E-state index in [0.29, 0.717) is 0 Å². The van der Waals surface area contributed by atoms with E-state index in [1.807, 2.05) is 12.3 Å². The Morgan fingerprint density at radius 2 is 1.96 bits per heavy atom. The molecule has 1 heterocycles. The molecule has 132 valence electrons. The van der Waals surface area contributed by atoms with Crippen LogP contribution in [0.5, 0.6) is 0 Å². The number of aryl methyl sites for hydroxylation is 1. The minimum Gasteiger partial charge on any atom is -0.256 e. The molecule has 1 aromatic heterocycles. The van der Waals surface area contributed by atoms with Crippen molar-refractivity contribution >= 4 is 11.6 Å². The summed E-state index contributed by atoms with van der Waals surface area (Å²) in [7, 11) is 0. The Hall–Kier alpha value is -1.67. The van der Waals surface area contributed by atoms with E-state index in [1.165, 1.54) is 43.7 Å². The van der Waals surface area contributed by atoms with Crippen molar-refractivity contribution < 1.29 is 4.39 Å². The number of pyridine rings is 1. The summed E-state index contributed by atoms with van der Waals surface area (Å²) in [6, 6.07) is 8.86. The highest BCUT2D eigenvalue weighted by Crippen LogP contribution is 2.32. The molecule has 0 amide bonds. The SMILES string of the molecule is C/C=C/[C@H]1CC[C@H](CCc2ccc(-c3ccc(F)c(Cl)c3)nc2)CC1. The van der Waals surface area contributed by atoms with Crippen molar-refractivity contribution in [1.82, 2.24) is 4.98 Å². The molecule has 0 radical (unpaired) electrons. The van der Waals surface area contributed by atoms with E-state index in [1.54, 1.807) is 12.1 Å². The van der Waals surface area contributed by atoms with E-state index < -0.39 is 5.82 Å². The third kappa shape index (κ3) is 4.92. The van der Waals surface area contributed by atoms with Gasteiger partial charge in [-0.1, -0.05) is 29.8 Å². The minimum atomic E-state index is -0.397. The third-order valence-electron chi connectivity index (χ3n) is 5.24. The highest BCUT2D eigenvalue weighted by molar-refractivity contribution is 6.31. The summed E-state index contributed by atoms with van der Waals surface area (Å²) in [5, 5.41) is 0.136. The Bertz CT molecular complexity index is 715. The molecule has 25 heavy (non-hydrogen) atoms. The van der Waals surface area contributed by atoms with Crippen LogP contribution >= 0.6 is 11.6 Å². The number of aromatic nitrogens is 1. The third-order valence-corrected chi connectivity index (χ3v) is 5.53. The predicted octanol–water partition coefficient (Wildman–Crippen LogP) is 6.86. The van der Waals surface area contributed by atoms with Crippen molar-refractivity contribution in [2.75, 3.05) is 0 Å². The maximum atomic E-state index is 13.3. The van der Waals surface area contributed by atoms with Gasteiger partial charge in [0.05, 0.1) is 10.7 Å². The van der Waals surface area contributed by atoms with Gasteiger partial charge in [0.1, 0.15) is 5.82 Å². The number of benzene rings is 1. The van der Waals surface area contributed by atoms with Crippen LogP contribution in [-0.4, -0.2) is 4.98 Å². The summed E-state index contributed by atoms with van der Waals surface area (Å²) in [6.45, 7) is 2.11. The molecule has 0 bridgehead atoms. The molecule has 0 aliphatic heterocycles. The lowest BCUT2D eigenvalue weighted by molar-refractivity contribution is 0.296. The second-order valence-electron chi connectivity index (χ2n) is 7.03. The van der Waals surface area contributed by atoms with Crippen LogP contribution in [0, 0.1) is 17.7 Å². The van der Waals surface area contributed by atoms with Crippen molar-refractivity contribution in [1.29, 1.82) is 0 Å². The summed E-state index contributed by atoms with van der Waals surface area (Å²) in [4.78, 5) is 4.53. The van der Waals surface area contributed by atoms with Gasteiger partial charge >= 0.3 is 0 Å². The normalized spacial score (nSPS) is 20.9. The molecule has 3 heteroatoms. The van der Waals surface area contributed by atoms with Crippen LogP contribution in [0.1, 0.15) is 44.6 Å². The van der Waals surface area contributed by atoms with Crippen molar-refractivity contribution in [3.05, 3.63) is 65.1 Å². The lowest BCUT2D eigenvalue weighted by Gasteiger charge is -2.26. The summed E-state index contributed by atoms with van der Waals surface area (Å²) < 4.78 is 13.3. The number of hydrogen-bond acceptors (Lipinski definition) is 1. The topological polar surface area (TPSA) is 12.9 Å². The quantitative estimate of drug-likeness (QED) is 0.533. The van der Waals surface area contributed by atoms with Gasteiger partial charge in [0.25, 0.3) is 0 Å². The van der Waals surface area contributed by atoms with Crippen LogP contribution in [0.3, 0.4) is 0 Å². The van der Waals surface area contributed by atoms with Gasteiger partial charge < -0.3 is 0 Å². The molecule has 1 aliphatic rings. The van der Waals surface area contributed by atoms with Gasteiger partial charge in [0.15, 0.2) is 0 Å². The van der Waals surface area contributed by atoms with Gasteiger partial charge in [-0.3, -0.25) is 4.98 Å². The van der Waals surface area contributed by atoms with Crippen LogP contribution in [-0.2, 0) is 6.42 Å². The number of halogens is 2.